The topological polar surface area (TPSA) is 108 Å². The zero-order chi connectivity index (χ0) is 16.0. The van der Waals surface area contributed by atoms with Gasteiger partial charge in [-0.05, 0) is 31.5 Å². The third-order valence-corrected chi connectivity index (χ3v) is 3.62. The van der Waals surface area contributed by atoms with Crippen LogP contribution in [-0.4, -0.2) is 40.7 Å². The van der Waals surface area contributed by atoms with Crippen molar-refractivity contribution in [3.05, 3.63) is 23.8 Å². The van der Waals surface area contributed by atoms with Crippen LogP contribution in [0.5, 0.6) is 5.75 Å². The van der Waals surface area contributed by atoms with Crippen LogP contribution in [0.15, 0.2) is 23.1 Å². The van der Waals surface area contributed by atoms with Gasteiger partial charge >= 0.3 is 0 Å². The Morgan fingerprint density at radius 3 is 2.67 bits per heavy atom. The van der Waals surface area contributed by atoms with Crippen molar-refractivity contribution >= 4 is 15.9 Å². The van der Waals surface area contributed by atoms with Gasteiger partial charge in [-0.1, -0.05) is 6.07 Å². The molecule has 0 heterocycles. The quantitative estimate of drug-likeness (QED) is 0.697. The molecule has 0 radical (unpaired) electrons. The molecule has 0 bridgehead atoms. The van der Waals surface area contributed by atoms with Crippen LogP contribution in [0.1, 0.15) is 12.5 Å². The number of hydrogen-bond acceptors (Lipinski definition) is 5. The van der Waals surface area contributed by atoms with E-state index in [0.29, 0.717) is 13.2 Å². The minimum absolute atomic E-state index is 0.0532. The highest BCUT2D eigenvalue weighted by atomic mass is 32.2. The van der Waals surface area contributed by atoms with Gasteiger partial charge in [-0.2, -0.15) is 0 Å². The summed E-state index contributed by atoms with van der Waals surface area (Å²) in [6.07, 6.45) is -0.856. The fourth-order valence-electron chi connectivity index (χ4n) is 1.60. The normalized spacial score (nSPS) is 12.8. The Balaban J connectivity index is 2.85. The molecule has 0 aliphatic heterocycles. The van der Waals surface area contributed by atoms with Crippen LogP contribution in [0, 0.1) is 6.92 Å². The summed E-state index contributed by atoms with van der Waals surface area (Å²) in [6, 6.07) is 4.56. The molecule has 3 N–H and O–H groups in total. The molecule has 0 saturated heterocycles. The summed E-state index contributed by atoms with van der Waals surface area (Å²) in [6.45, 7) is 3.98. The fourth-order valence-corrected chi connectivity index (χ4v) is 2.35. The first kappa shape index (κ1) is 17.4. The second kappa shape index (κ2) is 7.39. The number of primary sulfonamides is 1. The lowest BCUT2D eigenvalue weighted by Gasteiger charge is -2.16. The first-order valence-corrected chi connectivity index (χ1v) is 7.87. The van der Waals surface area contributed by atoms with Gasteiger partial charge in [-0.3, -0.25) is 4.79 Å². The van der Waals surface area contributed by atoms with Crippen molar-refractivity contribution in [2.75, 3.05) is 20.3 Å². The molecule has 7 nitrogen and oxygen atoms in total. The van der Waals surface area contributed by atoms with Gasteiger partial charge in [0.1, 0.15) is 10.6 Å². The molecule has 1 rings (SSSR count). The van der Waals surface area contributed by atoms with E-state index in [-0.39, 0.29) is 16.6 Å². The lowest BCUT2D eigenvalue weighted by atomic mass is 10.2. The van der Waals surface area contributed by atoms with Crippen LogP contribution in [0.3, 0.4) is 0 Å². The number of nitrogens with one attached hydrogen (secondary N) is 1. The van der Waals surface area contributed by atoms with E-state index in [2.05, 4.69) is 5.32 Å². The van der Waals surface area contributed by atoms with Crippen molar-refractivity contribution in [2.45, 2.75) is 24.8 Å². The molecule has 0 aliphatic rings. The Bertz CT molecular complexity index is 601. The van der Waals surface area contributed by atoms with Crippen LogP contribution in [0.25, 0.3) is 0 Å². The number of methoxy groups -OCH3 is 1. The number of rotatable bonds is 7. The molecule has 1 amide bonds. The van der Waals surface area contributed by atoms with Crippen molar-refractivity contribution in [3.8, 4) is 5.75 Å². The van der Waals surface area contributed by atoms with Gasteiger partial charge in [-0.15, -0.1) is 0 Å². The molecular formula is C13H20N2O5S. The summed E-state index contributed by atoms with van der Waals surface area (Å²) in [5, 5.41) is 7.76. The summed E-state index contributed by atoms with van der Waals surface area (Å²) in [4.78, 5) is 11.6. The lowest BCUT2D eigenvalue weighted by molar-refractivity contribution is -0.127. The molecule has 118 valence electrons. The molecule has 1 aromatic rings. The Labute approximate surface area is 124 Å². The molecule has 0 spiro atoms. The van der Waals surface area contributed by atoms with Gasteiger partial charge in [0.25, 0.3) is 5.91 Å². The van der Waals surface area contributed by atoms with Gasteiger partial charge in [0.2, 0.25) is 10.0 Å². The zero-order valence-electron chi connectivity index (χ0n) is 12.3. The Morgan fingerprint density at radius 2 is 2.10 bits per heavy atom. The van der Waals surface area contributed by atoms with E-state index < -0.39 is 16.1 Å². The summed E-state index contributed by atoms with van der Waals surface area (Å²) in [7, 11) is -2.40. The molecule has 21 heavy (non-hydrogen) atoms. The maximum atomic E-state index is 11.8. The monoisotopic (exact) mass is 316 g/mol. The van der Waals surface area contributed by atoms with E-state index in [1.54, 1.807) is 13.0 Å². The number of sulfonamides is 1. The van der Waals surface area contributed by atoms with Crippen LogP contribution < -0.4 is 15.2 Å². The SMILES string of the molecule is COCCNC(=O)C(C)Oc1ccc(C)cc1S(N)(=O)=O. The van der Waals surface area contributed by atoms with Crippen LogP contribution in [0.2, 0.25) is 0 Å². The molecule has 1 unspecified atom stereocenters. The summed E-state index contributed by atoms with van der Waals surface area (Å²) in [5.74, 6) is -0.314. The molecule has 1 atom stereocenters. The van der Waals surface area contributed by atoms with E-state index in [0.717, 1.165) is 5.56 Å². The maximum Gasteiger partial charge on any atom is 0.260 e. The third kappa shape index (κ3) is 5.33. The van der Waals surface area contributed by atoms with Gasteiger partial charge in [0.05, 0.1) is 6.61 Å². The van der Waals surface area contributed by atoms with Crippen LogP contribution in [-0.2, 0) is 19.6 Å². The van der Waals surface area contributed by atoms with Crippen LogP contribution >= 0.6 is 0 Å². The average Bonchev–Trinajstić information content (AvgIpc) is 2.39. The van der Waals surface area contributed by atoms with Crippen molar-refractivity contribution < 1.29 is 22.7 Å². The summed E-state index contributed by atoms with van der Waals surface area (Å²) >= 11 is 0. The van der Waals surface area contributed by atoms with E-state index in [1.165, 1.54) is 26.2 Å². The van der Waals surface area contributed by atoms with Gasteiger partial charge in [-0.25, -0.2) is 13.6 Å². The molecular weight excluding hydrogens is 296 g/mol. The number of carbonyl (C=O) groups excluding carboxylic acids is 1. The highest BCUT2D eigenvalue weighted by Gasteiger charge is 2.20. The van der Waals surface area contributed by atoms with Crippen molar-refractivity contribution in [1.29, 1.82) is 0 Å². The minimum atomic E-state index is -3.92. The number of hydrogen-bond donors (Lipinski definition) is 2. The van der Waals surface area contributed by atoms with Crippen molar-refractivity contribution in [1.82, 2.24) is 5.32 Å². The van der Waals surface area contributed by atoms with E-state index >= 15 is 0 Å². The Kier molecular flexibility index (Phi) is 6.13. The first-order valence-electron chi connectivity index (χ1n) is 6.32. The van der Waals surface area contributed by atoms with Crippen molar-refractivity contribution in [2.24, 2.45) is 5.14 Å². The molecule has 0 aromatic heterocycles. The van der Waals surface area contributed by atoms with Gasteiger partial charge in [0.15, 0.2) is 6.10 Å². The molecule has 8 heteroatoms. The standard InChI is InChI=1S/C13H20N2O5S/c1-9-4-5-11(12(8-9)21(14,17)18)20-10(2)13(16)15-6-7-19-3/h4-5,8,10H,6-7H2,1-3H3,(H,15,16)(H2,14,17,18). The van der Waals surface area contributed by atoms with E-state index in [9.17, 15) is 13.2 Å². The van der Waals surface area contributed by atoms with Gasteiger partial charge < -0.3 is 14.8 Å². The summed E-state index contributed by atoms with van der Waals surface area (Å²) < 4.78 is 33.3. The highest BCUT2D eigenvalue weighted by molar-refractivity contribution is 7.89. The Morgan fingerprint density at radius 1 is 1.43 bits per heavy atom. The highest BCUT2D eigenvalue weighted by Crippen LogP contribution is 2.24. The molecule has 0 aliphatic carbocycles. The number of carbonyl (C=O) groups is 1. The smallest absolute Gasteiger partial charge is 0.260 e. The second-order valence-electron chi connectivity index (χ2n) is 4.54. The maximum absolute atomic E-state index is 11.8. The lowest BCUT2D eigenvalue weighted by Crippen LogP contribution is -2.38. The zero-order valence-corrected chi connectivity index (χ0v) is 13.1. The number of aryl methyl sites for hydroxylation is 1. The predicted octanol–water partition coefficient (Wildman–Crippen LogP) is 0.172. The average molecular weight is 316 g/mol. The first-order chi connectivity index (χ1) is 9.75. The van der Waals surface area contributed by atoms with E-state index in [1.807, 2.05) is 0 Å². The molecule has 0 fully saturated rings. The molecule has 0 saturated carbocycles. The number of benzene rings is 1. The second-order valence-corrected chi connectivity index (χ2v) is 6.07. The predicted molar refractivity (Wildman–Crippen MR) is 77.5 cm³/mol. The van der Waals surface area contributed by atoms with Crippen molar-refractivity contribution in [3.63, 3.8) is 0 Å². The van der Waals surface area contributed by atoms with Gasteiger partial charge in [0, 0.05) is 13.7 Å². The summed E-state index contributed by atoms with van der Waals surface area (Å²) in [5.41, 5.74) is 0.726. The number of ether oxygens (including phenoxy) is 2. The Hall–Kier alpha value is -1.64. The largest absolute Gasteiger partial charge is 0.479 e. The minimum Gasteiger partial charge on any atom is -0.479 e. The fraction of sp³-hybridized carbons (Fsp3) is 0.462. The molecule has 1 aromatic carbocycles. The van der Waals surface area contributed by atoms with E-state index in [4.69, 9.17) is 14.6 Å². The van der Waals surface area contributed by atoms with Crippen LogP contribution in [0.4, 0.5) is 0 Å². The third-order valence-electron chi connectivity index (χ3n) is 2.68. The number of nitrogens with two attached hydrogens (primary N) is 1. The number of amides is 1.